The first-order valence-corrected chi connectivity index (χ1v) is 7.74. The summed E-state index contributed by atoms with van der Waals surface area (Å²) in [6.45, 7) is 4.98. The highest BCUT2D eigenvalue weighted by atomic mass is 16.5. The van der Waals surface area contributed by atoms with Gasteiger partial charge in [0.2, 0.25) is 0 Å². The van der Waals surface area contributed by atoms with Crippen molar-refractivity contribution in [1.29, 1.82) is 0 Å². The van der Waals surface area contributed by atoms with Gasteiger partial charge in [0.15, 0.2) is 0 Å². The highest BCUT2D eigenvalue weighted by Gasteiger charge is 2.04. The van der Waals surface area contributed by atoms with Gasteiger partial charge in [-0.05, 0) is 60.7 Å². The van der Waals surface area contributed by atoms with Crippen molar-refractivity contribution < 1.29 is 13.9 Å². The fourth-order valence-corrected chi connectivity index (χ4v) is 2.23. The van der Waals surface area contributed by atoms with Crippen molar-refractivity contribution in [2.45, 2.75) is 26.7 Å². The molecule has 0 amide bonds. The van der Waals surface area contributed by atoms with Crippen LogP contribution in [0, 0.1) is 5.92 Å². The summed E-state index contributed by atoms with van der Waals surface area (Å²) >= 11 is 0. The molecule has 1 heterocycles. The second-order valence-corrected chi connectivity index (χ2v) is 5.32. The maximum atomic E-state index is 5.84. The van der Waals surface area contributed by atoms with Crippen LogP contribution < -0.4 is 9.47 Å². The van der Waals surface area contributed by atoms with Crippen LogP contribution in [0.3, 0.4) is 0 Å². The summed E-state index contributed by atoms with van der Waals surface area (Å²) in [5, 5.41) is 0. The maximum absolute atomic E-state index is 5.84. The van der Waals surface area contributed by atoms with Gasteiger partial charge in [0.25, 0.3) is 0 Å². The monoisotopic (exact) mass is 300 g/mol. The first-order chi connectivity index (χ1) is 10.7. The standard InChI is InChI=1S/C19H24O3/c1-4-16-14-18(9-10-19(16)20-3)22-13-11-15(2)7-8-17-6-5-12-21-17/h5-10,12,14-15H,4,11,13H2,1-3H3/b8-7+. The number of hydrogen-bond donors (Lipinski definition) is 0. The Morgan fingerprint density at radius 1 is 1.27 bits per heavy atom. The number of aryl methyl sites for hydroxylation is 1. The molecule has 1 atom stereocenters. The molecule has 118 valence electrons. The minimum absolute atomic E-state index is 0.439. The SMILES string of the molecule is CCc1cc(OCCC(C)/C=C/c2ccco2)ccc1OC. The summed E-state index contributed by atoms with van der Waals surface area (Å²) in [7, 11) is 1.70. The van der Waals surface area contributed by atoms with E-state index in [1.807, 2.05) is 30.3 Å². The molecule has 0 N–H and O–H groups in total. The zero-order valence-electron chi connectivity index (χ0n) is 13.5. The summed E-state index contributed by atoms with van der Waals surface area (Å²) in [6, 6.07) is 9.82. The minimum atomic E-state index is 0.439. The Labute approximate surface area is 132 Å². The predicted molar refractivity (Wildman–Crippen MR) is 89.4 cm³/mol. The van der Waals surface area contributed by atoms with Gasteiger partial charge in [-0.25, -0.2) is 0 Å². The average Bonchev–Trinajstić information content (AvgIpc) is 3.06. The van der Waals surface area contributed by atoms with Crippen molar-refractivity contribution >= 4 is 6.08 Å². The van der Waals surface area contributed by atoms with Gasteiger partial charge in [-0.2, -0.15) is 0 Å². The van der Waals surface area contributed by atoms with Crippen LogP contribution in [-0.2, 0) is 6.42 Å². The second kappa shape index (κ2) is 8.32. The Bertz CT molecular complexity index is 585. The van der Waals surface area contributed by atoms with Crippen LogP contribution in [0.25, 0.3) is 6.08 Å². The number of allylic oxidation sites excluding steroid dienone is 1. The zero-order chi connectivity index (χ0) is 15.8. The van der Waals surface area contributed by atoms with E-state index in [9.17, 15) is 0 Å². The Morgan fingerprint density at radius 2 is 2.14 bits per heavy atom. The number of furan rings is 1. The summed E-state index contributed by atoms with van der Waals surface area (Å²) in [5.41, 5.74) is 1.17. The Balaban J connectivity index is 1.80. The van der Waals surface area contributed by atoms with Gasteiger partial charge in [-0.15, -0.1) is 0 Å². The van der Waals surface area contributed by atoms with Crippen LogP contribution in [0.2, 0.25) is 0 Å². The molecular weight excluding hydrogens is 276 g/mol. The van der Waals surface area contributed by atoms with Crippen LogP contribution in [0.4, 0.5) is 0 Å². The molecule has 0 saturated carbocycles. The van der Waals surface area contributed by atoms with E-state index in [0.717, 1.165) is 30.1 Å². The number of methoxy groups -OCH3 is 1. The Kier molecular flexibility index (Phi) is 6.13. The van der Waals surface area contributed by atoms with Crippen molar-refractivity contribution in [3.8, 4) is 11.5 Å². The van der Waals surface area contributed by atoms with Gasteiger partial charge >= 0.3 is 0 Å². The van der Waals surface area contributed by atoms with Crippen LogP contribution in [0.1, 0.15) is 31.6 Å². The van der Waals surface area contributed by atoms with Crippen molar-refractivity contribution in [2.75, 3.05) is 13.7 Å². The molecule has 2 rings (SSSR count). The van der Waals surface area contributed by atoms with Crippen molar-refractivity contribution in [2.24, 2.45) is 5.92 Å². The Morgan fingerprint density at radius 3 is 2.82 bits per heavy atom. The summed E-state index contributed by atoms with van der Waals surface area (Å²) in [4.78, 5) is 0. The zero-order valence-corrected chi connectivity index (χ0v) is 13.5. The highest BCUT2D eigenvalue weighted by Crippen LogP contribution is 2.24. The smallest absolute Gasteiger partial charge is 0.126 e. The molecule has 0 fully saturated rings. The third-order valence-electron chi connectivity index (χ3n) is 3.61. The minimum Gasteiger partial charge on any atom is -0.496 e. The summed E-state index contributed by atoms with van der Waals surface area (Å²) < 4.78 is 16.4. The average molecular weight is 300 g/mol. The molecule has 0 aliphatic carbocycles. The van der Waals surface area contributed by atoms with E-state index >= 15 is 0 Å². The van der Waals surface area contributed by atoms with E-state index in [4.69, 9.17) is 13.9 Å². The molecule has 1 aromatic heterocycles. The van der Waals surface area contributed by atoms with Crippen molar-refractivity contribution in [3.05, 3.63) is 54.0 Å². The van der Waals surface area contributed by atoms with Crippen LogP contribution >= 0.6 is 0 Å². The number of benzene rings is 1. The first-order valence-electron chi connectivity index (χ1n) is 7.74. The van der Waals surface area contributed by atoms with E-state index in [-0.39, 0.29) is 0 Å². The fraction of sp³-hybridized carbons (Fsp3) is 0.368. The fourth-order valence-electron chi connectivity index (χ4n) is 2.23. The molecule has 0 aliphatic rings. The van der Waals surface area contributed by atoms with Gasteiger partial charge in [0.05, 0.1) is 20.0 Å². The van der Waals surface area contributed by atoms with E-state index in [1.54, 1.807) is 13.4 Å². The maximum Gasteiger partial charge on any atom is 0.126 e. The molecule has 3 nitrogen and oxygen atoms in total. The topological polar surface area (TPSA) is 31.6 Å². The largest absolute Gasteiger partial charge is 0.496 e. The van der Waals surface area contributed by atoms with Gasteiger partial charge in [-0.3, -0.25) is 0 Å². The second-order valence-electron chi connectivity index (χ2n) is 5.32. The van der Waals surface area contributed by atoms with Crippen molar-refractivity contribution in [1.82, 2.24) is 0 Å². The molecule has 22 heavy (non-hydrogen) atoms. The predicted octanol–water partition coefficient (Wildman–Crippen LogP) is 4.97. The Hall–Kier alpha value is -2.16. The third-order valence-corrected chi connectivity index (χ3v) is 3.61. The molecule has 3 heteroatoms. The molecule has 0 aliphatic heterocycles. The molecule has 1 aromatic carbocycles. The normalized spacial score (nSPS) is 12.5. The summed E-state index contributed by atoms with van der Waals surface area (Å²) in [5.74, 6) is 3.15. The first kappa shape index (κ1) is 16.2. The van der Waals surface area contributed by atoms with Gasteiger partial charge in [-0.1, -0.05) is 19.9 Å². The molecule has 0 bridgehead atoms. The van der Waals surface area contributed by atoms with Crippen LogP contribution in [0.15, 0.2) is 47.1 Å². The number of hydrogen-bond acceptors (Lipinski definition) is 3. The highest BCUT2D eigenvalue weighted by molar-refractivity contribution is 5.42. The third kappa shape index (κ3) is 4.69. The lowest BCUT2D eigenvalue weighted by molar-refractivity contribution is 0.295. The van der Waals surface area contributed by atoms with Crippen LogP contribution in [0.5, 0.6) is 11.5 Å². The molecule has 0 radical (unpaired) electrons. The van der Waals surface area contributed by atoms with Gasteiger partial charge in [0, 0.05) is 0 Å². The molecule has 0 spiro atoms. The quantitative estimate of drug-likeness (QED) is 0.690. The molecule has 1 unspecified atom stereocenters. The van der Waals surface area contributed by atoms with E-state index in [2.05, 4.69) is 26.0 Å². The molecule has 2 aromatic rings. The van der Waals surface area contributed by atoms with E-state index in [0.29, 0.717) is 12.5 Å². The van der Waals surface area contributed by atoms with Gasteiger partial charge < -0.3 is 13.9 Å². The van der Waals surface area contributed by atoms with E-state index < -0.39 is 0 Å². The summed E-state index contributed by atoms with van der Waals surface area (Å²) in [6.07, 6.45) is 7.73. The number of ether oxygens (including phenoxy) is 2. The molecule has 0 saturated heterocycles. The lowest BCUT2D eigenvalue weighted by atomic mass is 10.1. The lowest BCUT2D eigenvalue weighted by Crippen LogP contribution is -2.03. The number of rotatable bonds is 8. The lowest BCUT2D eigenvalue weighted by Gasteiger charge is -2.12. The van der Waals surface area contributed by atoms with Crippen LogP contribution in [-0.4, -0.2) is 13.7 Å². The van der Waals surface area contributed by atoms with Gasteiger partial charge in [0.1, 0.15) is 17.3 Å². The molecular formula is C19H24O3. The van der Waals surface area contributed by atoms with E-state index in [1.165, 1.54) is 5.56 Å². The van der Waals surface area contributed by atoms with Crippen molar-refractivity contribution in [3.63, 3.8) is 0 Å².